The Labute approximate surface area is 312 Å². The summed E-state index contributed by atoms with van der Waals surface area (Å²) in [6.45, 7) is 4.44. The highest BCUT2D eigenvalue weighted by molar-refractivity contribution is 6.33. The number of anilines is 1. The third kappa shape index (κ3) is 14.9. The molecule has 2 aliphatic heterocycles. The van der Waals surface area contributed by atoms with Crippen molar-refractivity contribution in [2.45, 2.75) is 114 Å². The van der Waals surface area contributed by atoms with Crippen LogP contribution < -0.4 is 26.4 Å². The number of nitrogens with two attached hydrogens (primary N) is 1. The van der Waals surface area contributed by atoms with Crippen LogP contribution in [0.15, 0.2) is 12.1 Å². The Bertz CT molecular complexity index is 1250. The Hall–Kier alpha value is -2.76. The summed E-state index contributed by atoms with van der Waals surface area (Å²) < 4.78 is 5.31. The molecule has 10 N–H and O–H groups in total. The van der Waals surface area contributed by atoms with E-state index in [1.54, 1.807) is 12.1 Å². The predicted molar refractivity (Wildman–Crippen MR) is 198 cm³/mol. The van der Waals surface area contributed by atoms with Crippen molar-refractivity contribution < 1.29 is 44.7 Å². The lowest BCUT2D eigenvalue weighted by Crippen LogP contribution is -2.49. The van der Waals surface area contributed by atoms with Crippen LogP contribution in [0.5, 0.6) is 5.75 Å². The van der Waals surface area contributed by atoms with Gasteiger partial charge in [-0.25, -0.2) is 0 Å². The van der Waals surface area contributed by atoms with Crippen LogP contribution in [-0.4, -0.2) is 149 Å². The van der Waals surface area contributed by atoms with Gasteiger partial charge in [0.25, 0.3) is 5.91 Å². The third-order valence-electron chi connectivity index (χ3n) is 9.95. The number of aliphatic hydroxyl groups excluding tert-OH is 5. The summed E-state index contributed by atoms with van der Waals surface area (Å²) in [5.74, 6) is 0.000207. The topological polar surface area (TPSA) is 230 Å². The Morgan fingerprint density at radius 2 is 1.48 bits per heavy atom. The highest BCUT2D eigenvalue weighted by Crippen LogP contribution is 2.29. The molecule has 2 aliphatic rings. The summed E-state index contributed by atoms with van der Waals surface area (Å²) >= 11 is 6.13. The molecule has 0 spiro atoms. The van der Waals surface area contributed by atoms with Crippen molar-refractivity contribution in [1.29, 1.82) is 0 Å². The summed E-state index contributed by atoms with van der Waals surface area (Å²) in [6.07, 6.45) is 3.29. The molecule has 15 nitrogen and oxygen atoms in total. The maximum atomic E-state index is 12.9. The zero-order valence-electron chi connectivity index (χ0n) is 30.5. The van der Waals surface area contributed by atoms with Gasteiger partial charge < -0.3 is 61.8 Å². The number of halogens is 1. The molecule has 52 heavy (non-hydrogen) atoms. The van der Waals surface area contributed by atoms with E-state index in [1.807, 2.05) is 0 Å². The number of nitrogens with zero attached hydrogens (tertiary/aromatic N) is 2. The summed E-state index contributed by atoms with van der Waals surface area (Å²) in [5, 5.41) is 56.8. The first kappa shape index (κ1) is 43.6. The van der Waals surface area contributed by atoms with E-state index in [2.05, 4.69) is 25.8 Å². The number of hydrogen-bond donors (Lipinski definition) is 9. The molecule has 2 heterocycles. The molecule has 2 saturated heterocycles. The fourth-order valence-corrected chi connectivity index (χ4v) is 6.91. The maximum Gasteiger partial charge on any atom is 0.255 e. The molecule has 3 rings (SSSR count). The lowest BCUT2D eigenvalue weighted by Gasteiger charge is -2.33. The number of carbonyl (C=O) groups is 3. The van der Waals surface area contributed by atoms with Gasteiger partial charge >= 0.3 is 0 Å². The van der Waals surface area contributed by atoms with Crippen LogP contribution in [0, 0.1) is 0 Å². The molecule has 0 radical (unpaired) electrons. The number of benzene rings is 1. The van der Waals surface area contributed by atoms with Crippen LogP contribution in [-0.2, 0) is 9.59 Å². The van der Waals surface area contributed by atoms with Gasteiger partial charge in [0.05, 0.1) is 36.1 Å². The van der Waals surface area contributed by atoms with Crippen molar-refractivity contribution in [3.8, 4) is 5.75 Å². The monoisotopic (exact) mass is 756 g/mol. The molecule has 296 valence electrons. The van der Waals surface area contributed by atoms with Crippen molar-refractivity contribution in [1.82, 2.24) is 25.8 Å². The standard InChI is InChI=1S/C36H61ClN6O9/c1-52-31-20-28(38)27(37)19-26(31)36(51)41-24-12-17-42(18-13-24)14-6-3-5-11-33(48)40-25-9-8-16-43(22-25)15-7-2-4-10-32(47)39-21-29(45)34(49)35(50)30(46)23-44/h19-20,24-25,29-30,34-35,44-46,49-50H,2-18,21-23,38H2,1H3,(H,39,47)(H,40,48)(H,41,51)/t25-,29+,30-,34-,35-/m1/s1. The second-order valence-corrected chi connectivity index (χ2v) is 14.5. The summed E-state index contributed by atoms with van der Waals surface area (Å²) in [6, 6.07) is 3.33. The first-order chi connectivity index (χ1) is 24.9. The first-order valence-corrected chi connectivity index (χ1v) is 19.1. The van der Waals surface area contributed by atoms with E-state index < -0.39 is 31.0 Å². The largest absolute Gasteiger partial charge is 0.496 e. The van der Waals surface area contributed by atoms with Crippen molar-refractivity contribution in [2.24, 2.45) is 0 Å². The van der Waals surface area contributed by atoms with Gasteiger partial charge in [0.1, 0.15) is 24.1 Å². The number of piperidine rings is 2. The number of carbonyl (C=O) groups excluding carboxylic acids is 3. The average Bonchev–Trinajstić information content (AvgIpc) is 3.14. The number of hydrogen-bond acceptors (Lipinski definition) is 12. The van der Waals surface area contributed by atoms with Gasteiger partial charge in [-0.15, -0.1) is 0 Å². The number of nitrogens with one attached hydrogen (secondary N) is 3. The molecular formula is C36H61ClN6O9. The van der Waals surface area contributed by atoms with Gasteiger partial charge in [0.2, 0.25) is 11.8 Å². The lowest BCUT2D eigenvalue weighted by atomic mass is 10.0. The molecule has 1 aromatic carbocycles. The lowest BCUT2D eigenvalue weighted by molar-refractivity contribution is -0.126. The Morgan fingerprint density at radius 1 is 0.846 bits per heavy atom. The van der Waals surface area contributed by atoms with E-state index >= 15 is 0 Å². The summed E-state index contributed by atoms with van der Waals surface area (Å²) in [4.78, 5) is 42.4. The van der Waals surface area contributed by atoms with Gasteiger partial charge in [0, 0.05) is 57.2 Å². The van der Waals surface area contributed by atoms with Crippen LogP contribution >= 0.6 is 11.6 Å². The molecule has 0 aromatic heterocycles. The molecule has 0 aliphatic carbocycles. The molecule has 3 amide bonds. The van der Waals surface area contributed by atoms with Gasteiger partial charge in [0.15, 0.2) is 0 Å². The number of unbranched alkanes of at least 4 members (excludes halogenated alkanes) is 4. The molecule has 0 unspecified atom stereocenters. The van der Waals surface area contributed by atoms with Gasteiger partial charge in [-0.05, 0) is 77.1 Å². The van der Waals surface area contributed by atoms with Crippen LogP contribution in [0.3, 0.4) is 0 Å². The van der Waals surface area contributed by atoms with Gasteiger partial charge in [-0.1, -0.05) is 24.4 Å². The molecule has 1 aromatic rings. The van der Waals surface area contributed by atoms with E-state index in [1.165, 1.54) is 7.11 Å². The van der Waals surface area contributed by atoms with Crippen molar-refractivity contribution in [3.05, 3.63) is 22.7 Å². The number of amides is 3. The zero-order valence-corrected chi connectivity index (χ0v) is 31.2. The molecule has 5 atom stereocenters. The Balaban J connectivity index is 1.19. The minimum Gasteiger partial charge on any atom is -0.496 e. The Morgan fingerprint density at radius 3 is 2.13 bits per heavy atom. The number of nitrogen functional groups attached to an aromatic ring is 1. The number of methoxy groups -OCH3 is 1. The SMILES string of the molecule is COc1cc(N)c(Cl)cc1C(=O)NC1CCN(CCCCCC(=O)N[C@@H]2CCCN(CCCCCC(=O)NC[C@H](O)[C@@H](O)[C@H](O)[C@H](O)CO)C2)CC1. The van der Waals surface area contributed by atoms with Gasteiger partial charge in [-0.3, -0.25) is 14.4 Å². The van der Waals surface area contributed by atoms with E-state index in [0.717, 1.165) is 97.1 Å². The number of aliphatic hydroxyl groups is 5. The van der Waals surface area contributed by atoms with Crippen LogP contribution in [0.25, 0.3) is 0 Å². The van der Waals surface area contributed by atoms with Crippen LogP contribution in [0.4, 0.5) is 5.69 Å². The van der Waals surface area contributed by atoms with E-state index in [0.29, 0.717) is 34.9 Å². The van der Waals surface area contributed by atoms with Crippen LogP contribution in [0.2, 0.25) is 5.02 Å². The summed E-state index contributed by atoms with van der Waals surface area (Å²) in [5.41, 5.74) is 6.58. The fraction of sp³-hybridized carbons (Fsp3) is 0.750. The zero-order chi connectivity index (χ0) is 38.0. The quantitative estimate of drug-likeness (QED) is 0.0578. The first-order valence-electron chi connectivity index (χ1n) is 18.7. The fourth-order valence-electron chi connectivity index (χ4n) is 6.74. The average molecular weight is 757 g/mol. The van der Waals surface area contributed by atoms with Crippen molar-refractivity contribution >= 4 is 35.0 Å². The highest BCUT2D eigenvalue weighted by Gasteiger charge is 2.30. The summed E-state index contributed by atoms with van der Waals surface area (Å²) in [7, 11) is 1.50. The molecule has 2 fully saturated rings. The third-order valence-corrected chi connectivity index (χ3v) is 10.3. The van der Waals surface area contributed by atoms with E-state index in [4.69, 9.17) is 27.2 Å². The maximum absolute atomic E-state index is 12.9. The second kappa shape index (κ2) is 23.1. The Kier molecular flexibility index (Phi) is 19.4. The van der Waals surface area contributed by atoms with E-state index in [9.17, 15) is 34.8 Å². The molecule has 0 saturated carbocycles. The number of rotatable bonds is 22. The normalized spacial score (nSPS) is 19.7. The number of likely N-dealkylation sites (tertiary alicyclic amines) is 2. The smallest absolute Gasteiger partial charge is 0.255 e. The molecular weight excluding hydrogens is 696 g/mol. The van der Waals surface area contributed by atoms with Crippen molar-refractivity contribution in [3.63, 3.8) is 0 Å². The molecule has 16 heteroatoms. The number of ether oxygens (including phenoxy) is 1. The predicted octanol–water partition coefficient (Wildman–Crippen LogP) is 0.379. The van der Waals surface area contributed by atoms with E-state index in [-0.39, 0.29) is 42.8 Å². The van der Waals surface area contributed by atoms with Crippen LogP contribution in [0.1, 0.15) is 87.4 Å². The van der Waals surface area contributed by atoms with Gasteiger partial charge in [-0.2, -0.15) is 0 Å². The minimum absolute atomic E-state index is 0.0801. The van der Waals surface area contributed by atoms with Crippen molar-refractivity contribution in [2.75, 3.05) is 65.3 Å². The minimum atomic E-state index is -1.73. The highest BCUT2D eigenvalue weighted by atomic mass is 35.5. The second-order valence-electron chi connectivity index (χ2n) is 14.1. The molecule has 0 bridgehead atoms.